The van der Waals surface area contributed by atoms with Crippen LogP contribution in [-0.4, -0.2) is 72.5 Å². The zero-order valence-corrected chi connectivity index (χ0v) is 33.3. The van der Waals surface area contributed by atoms with Crippen molar-refractivity contribution >= 4 is 17.9 Å². The number of carbonyl (C=O) groups is 3. The predicted molar refractivity (Wildman–Crippen MR) is 217 cm³/mol. The summed E-state index contributed by atoms with van der Waals surface area (Å²) in [4.78, 5) is 62.0. The highest BCUT2D eigenvalue weighted by molar-refractivity contribution is 5.87. The quantitative estimate of drug-likeness (QED) is 0.105. The number of nitrogens with zero attached hydrogens (tertiary/aromatic N) is 4. The Hall–Kier alpha value is -5.82. The maximum atomic E-state index is 13.7. The van der Waals surface area contributed by atoms with Crippen molar-refractivity contribution < 1.29 is 24.2 Å². The summed E-state index contributed by atoms with van der Waals surface area (Å²) >= 11 is 0. The number of imidazole rings is 2. The van der Waals surface area contributed by atoms with Crippen molar-refractivity contribution in [2.75, 3.05) is 13.7 Å². The van der Waals surface area contributed by atoms with Crippen LogP contribution in [0.25, 0.3) is 33.6 Å². The second-order valence-corrected chi connectivity index (χ2v) is 17.0. The SMILES string of the molecule is COC(=O)N[C@H](C(=O)N1CCC[C@H]1c1ncc(-c2ccc3c(c2)[C@](C)(O)c2cc(-c4cnc(C5C6CCC(C6)C5C(=O)NCc5cccnc5)[nH]4)ccc2-3)[nH]1)C(C)C. The van der Waals surface area contributed by atoms with Gasteiger partial charge in [0.1, 0.15) is 23.3 Å². The number of benzene rings is 2. The largest absolute Gasteiger partial charge is 0.453 e. The van der Waals surface area contributed by atoms with E-state index in [1.165, 1.54) is 7.11 Å². The molecule has 3 aliphatic carbocycles. The normalized spacial score (nSPS) is 24.8. The number of likely N-dealkylation sites (tertiary alicyclic amines) is 1. The van der Waals surface area contributed by atoms with Crippen molar-refractivity contribution in [3.05, 3.63) is 102 Å². The van der Waals surface area contributed by atoms with E-state index in [1.807, 2.05) is 63.4 Å². The third-order valence-corrected chi connectivity index (χ3v) is 13.2. The number of H-pyrrole nitrogens is 2. The van der Waals surface area contributed by atoms with Gasteiger partial charge >= 0.3 is 6.09 Å². The second-order valence-electron chi connectivity index (χ2n) is 17.0. The van der Waals surface area contributed by atoms with Gasteiger partial charge in [-0.2, -0.15) is 0 Å². The number of aliphatic hydroxyl groups is 1. The predicted octanol–water partition coefficient (Wildman–Crippen LogP) is 6.59. The Labute approximate surface area is 337 Å². The molecular weight excluding hydrogens is 733 g/mol. The average molecular weight is 783 g/mol. The van der Waals surface area contributed by atoms with Crippen LogP contribution in [0.5, 0.6) is 0 Å². The van der Waals surface area contributed by atoms with E-state index in [0.29, 0.717) is 30.7 Å². The topological polar surface area (TPSA) is 178 Å². The van der Waals surface area contributed by atoms with Crippen LogP contribution in [0, 0.1) is 23.7 Å². The first-order valence-corrected chi connectivity index (χ1v) is 20.5. The molecule has 2 saturated carbocycles. The molecular formula is C45H50N8O5. The minimum absolute atomic E-state index is 0.0300. The lowest BCUT2D eigenvalue weighted by Crippen LogP contribution is -2.51. The molecule has 4 heterocycles. The molecule has 1 aliphatic heterocycles. The molecule has 2 bridgehead atoms. The minimum Gasteiger partial charge on any atom is -0.453 e. The molecule has 0 spiro atoms. The molecule has 7 atom stereocenters. The first-order chi connectivity index (χ1) is 28.0. The number of carbonyl (C=O) groups excluding carboxylic acids is 3. The molecule has 58 heavy (non-hydrogen) atoms. The van der Waals surface area contributed by atoms with Crippen LogP contribution in [0.1, 0.15) is 93.2 Å². The highest BCUT2D eigenvalue weighted by Crippen LogP contribution is 2.56. The van der Waals surface area contributed by atoms with Gasteiger partial charge in [0.25, 0.3) is 0 Å². The lowest BCUT2D eigenvalue weighted by Gasteiger charge is -2.30. The Bertz CT molecular complexity index is 2370. The maximum absolute atomic E-state index is 13.7. The summed E-state index contributed by atoms with van der Waals surface area (Å²) < 4.78 is 4.78. The van der Waals surface area contributed by atoms with E-state index in [-0.39, 0.29) is 35.6 Å². The first kappa shape index (κ1) is 37.7. The standard InChI is InChI=1S/C45H50N8O5/c1-24(2)39(52-44(56)58-4)43(55)53-16-6-8-36(53)40-47-22-34(50-40)26-11-13-30-31-14-12-27(19-33(31)45(3,57)32(30)18-26)35-23-48-41(51-35)37-28-9-10-29(17-28)38(37)42(54)49-21-25-7-5-15-46-20-25/h5,7,11-15,18-20,22-24,28-29,36-39,57H,6,8-10,16-17,21H2,1-4H3,(H,47,50)(H,48,51)(H,49,54)(H,52,56)/t28?,29?,36-,37?,38?,39-,45-/m0/s1. The van der Waals surface area contributed by atoms with E-state index in [0.717, 1.165) is 88.3 Å². The van der Waals surface area contributed by atoms with Gasteiger partial charge in [-0.3, -0.25) is 14.6 Å². The second kappa shape index (κ2) is 14.8. The van der Waals surface area contributed by atoms with E-state index >= 15 is 0 Å². The molecule has 9 rings (SSSR count). The molecule has 3 amide bonds. The molecule has 3 fully saturated rings. The van der Waals surface area contributed by atoms with E-state index in [9.17, 15) is 19.5 Å². The molecule has 13 heteroatoms. The number of rotatable bonds is 10. The summed E-state index contributed by atoms with van der Waals surface area (Å²) in [7, 11) is 1.29. The van der Waals surface area contributed by atoms with E-state index in [4.69, 9.17) is 14.7 Å². The molecule has 5 aromatic rings. The molecule has 0 radical (unpaired) electrons. The van der Waals surface area contributed by atoms with Crippen LogP contribution in [0.3, 0.4) is 0 Å². The maximum Gasteiger partial charge on any atom is 0.407 e. The zero-order chi connectivity index (χ0) is 40.3. The molecule has 13 nitrogen and oxygen atoms in total. The summed E-state index contributed by atoms with van der Waals surface area (Å²) in [6, 6.07) is 15.2. The molecule has 4 unspecified atom stereocenters. The van der Waals surface area contributed by atoms with Crippen molar-refractivity contribution in [2.24, 2.45) is 23.7 Å². The number of hydrogen-bond acceptors (Lipinski definition) is 8. The van der Waals surface area contributed by atoms with Crippen LogP contribution >= 0.6 is 0 Å². The van der Waals surface area contributed by atoms with E-state index in [1.54, 1.807) is 23.5 Å². The smallest absolute Gasteiger partial charge is 0.407 e. The number of amides is 3. The zero-order valence-electron chi connectivity index (χ0n) is 33.3. The number of hydrogen-bond donors (Lipinski definition) is 5. The Morgan fingerprint density at radius 1 is 0.931 bits per heavy atom. The summed E-state index contributed by atoms with van der Waals surface area (Å²) in [5.41, 5.74) is 6.69. The van der Waals surface area contributed by atoms with Gasteiger partial charge in [0.15, 0.2) is 0 Å². The fourth-order valence-electron chi connectivity index (χ4n) is 10.2. The number of fused-ring (bicyclic) bond motifs is 5. The van der Waals surface area contributed by atoms with Gasteiger partial charge < -0.3 is 35.3 Å². The fraction of sp³-hybridized carbons (Fsp3) is 0.422. The summed E-state index contributed by atoms with van der Waals surface area (Å²) in [5, 5.41) is 18.1. The van der Waals surface area contributed by atoms with Gasteiger partial charge in [-0.15, -0.1) is 0 Å². The van der Waals surface area contributed by atoms with Gasteiger partial charge in [-0.1, -0.05) is 44.2 Å². The van der Waals surface area contributed by atoms with Crippen LogP contribution in [0.2, 0.25) is 0 Å². The minimum atomic E-state index is -1.27. The van der Waals surface area contributed by atoms with E-state index in [2.05, 4.69) is 37.7 Å². The lowest BCUT2D eigenvalue weighted by atomic mass is 9.78. The van der Waals surface area contributed by atoms with Crippen LogP contribution in [0.15, 0.2) is 73.3 Å². The van der Waals surface area contributed by atoms with Gasteiger partial charge in [0.2, 0.25) is 11.8 Å². The summed E-state index contributed by atoms with van der Waals surface area (Å²) in [6.07, 6.45) is 11.3. The van der Waals surface area contributed by atoms with Gasteiger partial charge in [0.05, 0.1) is 42.9 Å². The number of ether oxygens (including phenoxy) is 1. The van der Waals surface area contributed by atoms with Crippen LogP contribution in [0.4, 0.5) is 4.79 Å². The van der Waals surface area contributed by atoms with E-state index < -0.39 is 17.7 Å². The van der Waals surface area contributed by atoms with Crippen LogP contribution in [-0.2, 0) is 26.5 Å². The molecule has 1 saturated heterocycles. The Kier molecular flexibility index (Phi) is 9.66. The van der Waals surface area contributed by atoms with Crippen molar-refractivity contribution in [3.8, 4) is 33.6 Å². The number of pyridine rings is 1. The molecule has 3 aromatic heterocycles. The number of nitrogens with one attached hydrogen (secondary N) is 4. The lowest BCUT2D eigenvalue weighted by molar-refractivity contribution is -0.135. The molecule has 4 aliphatic rings. The fourth-order valence-corrected chi connectivity index (χ4v) is 10.2. The Morgan fingerprint density at radius 2 is 1.60 bits per heavy atom. The first-order valence-electron chi connectivity index (χ1n) is 20.5. The van der Waals surface area contributed by atoms with Gasteiger partial charge in [0, 0.05) is 31.4 Å². The number of methoxy groups -OCH3 is 1. The highest BCUT2D eigenvalue weighted by atomic mass is 16.5. The van der Waals surface area contributed by atoms with Crippen LogP contribution < -0.4 is 10.6 Å². The molecule has 300 valence electrons. The van der Waals surface area contributed by atoms with Gasteiger partial charge in [-0.25, -0.2) is 14.8 Å². The van der Waals surface area contributed by atoms with Crippen molar-refractivity contribution in [1.82, 2.24) is 40.5 Å². The number of aromatic amines is 2. The Balaban J connectivity index is 0.928. The third-order valence-electron chi connectivity index (χ3n) is 13.2. The number of aromatic nitrogens is 5. The average Bonchev–Trinajstić information content (AvgIpc) is 4.10. The van der Waals surface area contributed by atoms with Gasteiger partial charge in [-0.05, 0) is 114 Å². The summed E-state index contributed by atoms with van der Waals surface area (Å²) in [6.45, 7) is 6.65. The van der Waals surface area contributed by atoms with Crippen molar-refractivity contribution in [3.63, 3.8) is 0 Å². The van der Waals surface area contributed by atoms with Crippen molar-refractivity contribution in [2.45, 2.75) is 83.0 Å². The highest BCUT2D eigenvalue weighted by Gasteiger charge is 2.52. The summed E-state index contributed by atoms with van der Waals surface area (Å²) in [5.74, 6) is 2.00. The Morgan fingerprint density at radius 3 is 2.26 bits per heavy atom. The third kappa shape index (κ3) is 6.54. The van der Waals surface area contributed by atoms with Crippen molar-refractivity contribution in [1.29, 1.82) is 0 Å². The molecule has 2 aromatic carbocycles. The molecule has 5 N–H and O–H groups in total. The monoisotopic (exact) mass is 782 g/mol. The number of alkyl carbamates (subject to hydrolysis) is 1.